The number of hydrogen-bond donors (Lipinski definition) is 1. The smallest absolute Gasteiger partial charge is 0.418 e. The maximum absolute atomic E-state index is 9.75. The molecule has 9 heavy (non-hydrogen) atoms. The van der Waals surface area contributed by atoms with Crippen molar-refractivity contribution in [1.29, 1.82) is 0 Å². The van der Waals surface area contributed by atoms with Gasteiger partial charge in [-0.15, -0.1) is 0 Å². The number of halogens is 4. The molecule has 0 atom stereocenters. The van der Waals surface area contributed by atoms with Crippen molar-refractivity contribution in [1.82, 2.24) is 0 Å². The number of carbonyl (C=O) groups excluding carboxylic acids is 1. The van der Waals surface area contributed by atoms with Crippen LogP contribution in [-0.4, -0.2) is 19.8 Å². The van der Waals surface area contributed by atoms with E-state index in [1.165, 1.54) is 0 Å². The zero-order valence-corrected chi connectivity index (χ0v) is 4.23. The van der Waals surface area contributed by atoms with Crippen molar-refractivity contribution in [3.05, 3.63) is 0 Å². The molecular weight excluding hydrogens is 141 g/mol. The zero-order chi connectivity index (χ0) is 7.91. The van der Waals surface area contributed by atoms with Crippen LogP contribution in [0.1, 0.15) is 0 Å². The number of hydrogen-bond acceptors (Lipinski definition) is 1. The molecule has 0 radical (unpaired) electrons. The molecular formula is C2H4BF4NO. The monoisotopic (exact) mass is 145 g/mol. The minimum atomic E-state index is -6.00. The van der Waals surface area contributed by atoms with Crippen molar-refractivity contribution >= 4 is 19.8 Å². The van der Waals surface area contributed by atoms with Crippen molar-refractivity contribution in [3.63, 3.8) is 0 Å². The summed E-state index contributed by atoms with van der Waals surface area (Å²) in [6.07, 6.45) is 1.47. The van der Waals surface area contributed by atoms with E-state index in [9.17, 15) is 17.3 Å². The van der Waals surface area contributed by atoms with E-state index >= 15 is 0 Å². The molecule has 0 aromatic carbocycles. The lowest BCUT2D eigenvalue weighted by Crippen LogP contribution is -2.29. The van der Waals surface area contributed by atoms with Gasteiger partial charge in [0.1, 0.15) is 0 Å². The van der Waals surface area contributed by atoms with Gasteiger partial charge in [-0.2, -0.15) is 0 Å². The lowest BCUT2D eigenvalue weighted by molar-refractivity contribution is -0.122. The lowest BCUT2D eigenvalue weighted by Gasteiger charge is -1.94. The molecule has 0 bridgehead atoms. The van der Waals surface area contributed by atoms with Gasteiger partial charge in [0.25, 0.3) is 0 Å². The third-order valence-corrected chi connectivity index (χ3v) is 0.0786. The van der Waals surface area contributed by atoms with E-state index in [-0.39, 0.29) is 0 Å². The Bertz CT molecular complexity index is 79.1. The Labute approximate surface area is 48.5 Å². The van der Waals surface area contributed by atoms with E-state index < -0.39 is 7.25 Å². The Morgan fingerprint density at radius 1 is 1.22 bits per heavy atom. The molecule has 0 aliphatic carbocycles. The summed E-state index contributed by atoms with van der Waals surface area (Å²) >= 11 is 0. The van der Waals surface area contributed by atoms with Crippen LogP contribution in [-0.2, 0) is 4.79 Å². The normalized spacial score (nSPS) is 8.89. The number of nitrogens with two attached hydrogens (primary N) is 1. The molecule has 0 aliphatic rings. The van der Waals surface area contributed by atoms with Crippen molar-refractivity contribution in [2.75, 3.05) is 0 Å². The van der Waals surface area contributed by atoms with Gasteiger partial charge < -0.3 is 17.3 Å². The highest BCUT2D eigenvalue weighted by molar-refractivity contribution is 6.50. The second-order valence-corrected chi connectivity index (χ2v) is 0.823. The fraction of sp³-hybridized carbons (Fsp3) is 0. The minimum absolute atomic E-state index is 0.528. The standard InChI is InChI=1S/C2H3NO.BF4/c3-1-2-4;2-1(3,4)5/h1-3H;/q;-1/p+1. The molecule has 0 rings (SSSR count). The lowest BCUT2D eigenvalue weighted by atomic mass is 10.3. The fourth-order valence-electron chi connectivity index (χ4n) is 0. The summed E-state index contributed by atoms with van der Waals surface area (Å²) in [6, 6.07) is 0. The summed E-state index contributed by atoms with van der Waals surface area (Å²) in [5.41, 5.74) is 0. The highest BCUT2D eigenvalue weighted by Crippen LogP contribution is 2.06. The number of carbonyl (C=O) groups is 1. The van der Waals surface area contributed by atoms with Crippen LogP contribution in [0.15, 0.2) is 0 Å². The van der Waals surface area contributed by atoms with Gasteiger partial charge in [-0.25, -0.2) is 0 Å². The van der Waals surface area contributed by atoms with Gasteiger partial charge in [0.15, 0.2) is 6.21 Å². The zero-order valence-electron chi connectivity index (χ0n) is 4.23. The van der Waals surface area contributed by atoms with Crippen LogP contribution in [0.3, 0.4) is 0 Å². The third kappa shape index (κ3) is 12000. The van der Waals surface area contributed by atoms with Crippen LogP contribution in [0.25, 0.3) is 0 Å². The molecule has 0 saturated carbocycles. The molecule has 0 spiro atoms. The third-order valence-electron chi connectivity index (χ3n) is 0.0786. The van der Waals surface area contributed by atoms with E-state index in [4.69, 9.17) is 4.79 Å². The second-order valence-electron chi connectivity index (χ2n) is 0.823. The van der Waals surface area contributed by atoms with Crippen molar-refractivity contribution in [2.24, 2.45) is 0 Å². The summed E-state index contributed by atoms with van der Waals surface area (Å²) in [5.74, 6) is 0. The average molecular weight is 145 g/mol. The number of aldehydes is 1. The Morgan fingerprint density at radius 3 is 1.33 bits per heavy atom. The molecule has 0 unspecified atom stereocenters. The summed E-state index contributed by atoms with van der Waals surface area (Å²) < 4.78 is 39.0. The first-order chi connectivity index (χ1) is 3.91. The Kier molecular flexibility index (Phi) is 6.43. The molecule has 2 N–H and O–H groups in total. The topological polar surface area (TPSA) is 42.7 Å². The summed E-state index contributed by atoms with van der Waals surface area (Å²) in [5, 5.41) is 4.53. The van der Waals surface area contributed by atoms with Crippen LogP contribution in [0.5, 0.6) is 0 Å². The predicted octanol–water partition coefficient (Wildman–Crippen LogP) is -0.685. The summed E-state index contributed by atoms with van der Waals surface area (Å²) in [7, 11) is -6.00. The molecule has 0 aromatic heterocycles. The minimum Gasteiger partial charge on any atom is -0.418 e. The Hall–Kier alpha value is -0.875. The first-order valence-corrected chi connectivity index (χ1v) is 1.78. The van der Waals surface area contributed by atoms with Crippen molar-refractivity contribution in [3.8, 4) is 0 Å². The SMILES string of the molecule is F[B-](F)(F)F.[NH2+]=CC=O. The average Bonchev–Trinajstić information content (AvgIpc) is 1.61. The van der Waals surface area contributed by atoms with Gasteiger partial charge in [-0.05, 0) is 0 Å². The van der Waals surface area contributed by atoms with Crippen LogP contribution in [0, 0.1) is 0 Å². The van der Waals surface area contributed by atoms with Crippen molar-refractivity contribution < 1.29 is 27.5 Å². The van der Waals surface area contributed by atoms with E-state index in [1.807, 2.05) is 0 Å². The molecule has 0 fully saturated rings. The van der Waals surface area contributed by atoms with Crippen LogP contribution in [0.2, 0.25) is 0 Å². The quantitative estimate of drug-likeness (QED) is 0.225. The van der Waals surface area contributed by atoms with E-state index in [2.05, 4.69) is 5.41 Å². The first-order valence-electron chi connectivity index (χ1n) is 1.78. The molecule has 0 heterocycles. The van der Waals surface area contributed by atoms with Gasteiger partial charge in [0, 0.05) is 0 Å². The first kappa shape index (κ1) is 11.0. The highest BCUT2D eigenvalue weighted by atomic mass is 19.5. The van der Waals surface area contributed by atoms with Crippen molar-refractivity contribution in [2.45, 2.75) is 0 Å². The molecule has 0 saturated heterocycles. The van der Waals surface area contributed by atoms with Gasteiger partial charge in [0.2, 0.25) is 6.29 Å². The van der Waals surface area contributed by atoms with Gasteiger partial charge >= 0.3 is 7.25 Å². The summed E-state index contributed by atoms with van der Waals surface area (Å²) in [6.45, 7) is 0. The second kappa shape index (κ2) is 5.27. The Morgan fingerprint density at radius 2 is 1.33 bits per heavy atom. The molecule has 0 aromatic rings. The predicted molar refractivity (Wildman–Crippen MR) is 24.2 cm³/mol. The number of rotatable bonds is 1. The largest absolute Gasteiger partial charge is 0.673 e. The van der Waals surface area contributed by atoms with Gasteiger partial charge in [0.05, 0.1) is 0 Å². The van der Waals surface area contributed by atoms with E-state index in [1.54, 1.807) is 0 Å². The molecule has 54 valence electrons. The maximum atomic E-state index is 9.75. The molecule has 0 amide bonds. The van der Waals surface area contributed by atoms with E-state index in [0.29, 0.717) is 6.29 Å². The molecule has 0 aliphatic heterocycles. The maximum Gasteiger partial charge on any atom is 0.673 e. The fourth-order valence-corrected chi connectivity index (χ4v) is 0. The molecule has 2 nitrogen and oxygen atoms in total. The summed E-state index contributed by atoms with van der Waals surface area (Å²) in [4.78, 5) is 8.99. The molecule has 7 heteroatoms. The van der Waals surface area contributed by atoms with E-state index in [0.717, 1.165) is 6.21 Å². The van der Waals surface area contributed by atoms with Crippen LogP contribution in [0.4, 0.5) is 17.3 Å². The van der Waals surface area contributed by atoms with Crippen LogP contribution >= 0.6 is 0 Å². The highest BCUT2D eigenvalue weighted by Gasteiger charge is 2.20. The van der Waals surface area contributed by atoms with Crippen LogP contribution < -0.4 is 5.41 Å². The Balaban J connectivity index is 0. The van der Waals surface area contributed by atoms with Gasteiger partial charge in [-0.3, -0.25) is 10.2 Å². The van der Waals surface area contributed by atoms with Gasteiger partial charge in [-0.1, -0.05) is 0 Å².